The molecule has 1 atom stereocenters. The van der Waals surface area contributed by atoms with Crippen LogP contribution in [0.4, 0.5) is 4.79 Å². The van der Waals surface area contributed by atoms with E-state index in [0.29, 0.717) is 19.6 Å². The maximum atomic E-state index is 12.4. The topological polar surface area (TPSA) is 50.8 Å². The minimum Gasteiger partial charge on any atom is -0.457 e. The summed E-state index contributed by atoms with van der Waals surface area (Å²) in [5.74, 6) is 1.58. The van der Waals surface area contributed by atoms with Crippen LogP contribution in [0.1, 0.15) is 25.3 Å². The van der Waals surface area contributed by atoms with Gasteiger partial charge in [0.05, 0.1) is 6.10 Å². The summed E-state index contributed by atoms with van der Waals surface area (Å²) in [6, 6.07) is 17.4. The molecule has 0 spiro atoms. The molecule has 1 heterocycles. The third-order valence-electron chi connectivity index (χ3n) is 4.46. The van der Waals surface area contributed by atoms with Gasteiger partial charge in [0.25, 0.3) is 0 Å². The van der Waals surface area contributed by atoms with Crippen molar-refractivity contribution < 1.29 is 14.3 Å². The number of benzene rings is 2. The van der Waals surface area contributed by atoms with Gasteiger partial charge in [-0.25, -0.2) is 4.79 Å². The largest absolute Gasteiger partial charge is 0.457 e. The zero-order chi connectivity index (χ0) is 18.2. The van der Waals surface area contributed by atoms with E-state index in [4.69, 9.17) is 9.47 Å². The number of hydrogen-bond donors (Lipinski definition) is 1. The molecule has 2 aromatic carbocycles. The van der Waals surface area contributed by atoms with E-state index in [9.17, 15) is 4.79 Å². The van der Waals surface area contributed by atoms with Gasteiger partial charge in [-0.3, -0.25) is 0 Å². The van der Waals surface area contributed by atoms with Gasteiger partial charge in [-0.1, -0.05) is 30.3 Å². The average Bonchev–Trinajstić information content (AvgIpc) is 3.19. The summed E-state index contributed by atoms with van der Waals surface area (Å²) in [5, 5.41) is 2.98. The van der Waals surface area contributed by atoms with Gasteiger partial charge in [-0.2, -0.15) is 0 Å². The van der Waals surface area contributed by atoms with Gasteiger partial charge in [0.2, 0.25) is 0 Å². The highest BCUT2D eigenvalue weighted by Gasteiger charge is 2.21. The SMILES string of the molecule is CCN(CC1CCCO1)C(=O)NCc1ccc(Oc2ccccc2)cc1. The van der Waals surface area contributed by atoms with E-state index in [2.05, 4.69) is 5.32 Å². The molecular formula is C21H26N2O3. The highest BCUT2D eigenvalue weighted by atomic mass is 16.5. The van der Waals surface area contributed by atoms with Gasteiger partial charge in [-0.15, -0.1) is 0 Å². The molecule has 1 fully saturated rings. The van der Waals surface area contributed by atoms with Gasteiger partial charge in [0, 0.05) is 26.2 Å². The van der Waals surface area contributed by atoms with Crippen LogP contribution in [0.15, 0.2) is 54.6 Å². The van der Waals surface area contributed by atoms with Crippen molar-refractivity contribution in [3.05, 3.63) is 60.2 Å². The van der Waals surface area contributed by atoms with Crippen molar-refractivity contribution in [2.75, 3.05) is 19.7 Å². The molecule has 1 saturated heterocycles. The van der Waals surface area contributed by atoms with E-state index in [1.165, 1.54) is 0 Å². The van der Waals surface area contributed by atoms with Gasteiger partial charge < -0.3 is 19.7 Å². The summed E-state index contributed by atoms with van der Waals surface area (Å²) in [5.41, 5.74) is 1.03. The molecule has 5 nitrogen and oxygen atoms in total. The number of nitrogens with one attached hydrogen (secondary N) is 1. The van der Waals surface area contributed by atoms with Crippen LogP contribution in [-0.2, 0) is 11.3 Å². The molecule has 1 aliphatic heterocycles. The molecule has 138 valence electrons. The van der Waals surface area contributed by atoms with Gasteiger partial charge in [0.1, 0.15) is 11.5 Å². The number of likely N-dealkylation sites (N-methyl/N-ethyl adjacent to an activating group) is 1. The molecule has 1 unspecified atom stereocenters. The van der Waals surface area contributed by atoms with Gasteiger partial charge in [0.15, 0.2) is 0 Å². The number of carbonyl (C=O) groups is 1. The molecule has 2 amide bonds. The van der Waals surface area contributed by atoms with Crippen LogP contribution in [0.5, 0.6) is 11.5 Å². The molecule has 0 saturated carbocycles. The second kappa shape index (κ2) is 9.25. The monoisotopic (exact) mass is 354 g/mol. The van der Waals surface area contributed by atoms with Gasteiger partial charge >= 0.3 is 6.03 Å². The van der Waals surface area contributed by atoms with Crippen molar-refractivity contribution in [1.29, 1.82) is 0 Å². The molecule has 0 bridgehead atoms. The van der Waals surface area contributed by atoms with E-state index in [-0.39, 0.29) is 12.1 Å². The molecule has 2 aromatic rings. The Morgan fingerprint density at radius 2 is 1.88 bits per heavy atom. The Labute approximate surface area is 154 Å². The first kappa shape index (κ1) is 18.3. The lowest BCUT2D eigenvalue weighted by Gasteiger charge is -2.24. The van der Waals surface area contributed by atoms with E-state index in [1.807, 2.05) is 66.4 Å². The number of para-hydroxylation sites is 1. The van der Waals surface area contributed by atoms with E-state index >= 15 is 0 Å². The third-order valence-corrected chi connectivity index (χ3v) is 4.46. The molecule has 1 aliphatic rings. The molecule has 1 N–H and O–H groups in total. The number of rotatable bonds is 7. The predicted octanol–water partition coefficient (Wildman–Crippen LogP) is 4.19. The van der Waals surface area contributed by atoms with Crippen LogP contribution >= 0.6 is 0 Å². The molecule has 0 aromatic heterocycles. The summed E-state index contributed by atoms with van der Waals surface area (Å²) in [6.07, 6.45) is 2.29. The van der Waals surface area contributed by atoms with E-state index < -0.39 is 0 Å². The smallest absolute Gasteiger partial charge is 0.317 e. The van der Waals surface area contributed by atoms with Crippen molar-refractivity contribution in [3.63, 3.8) is 0 Å². The van der Waals surface area contributed by atoms with Crippen LogP contribution in [-0.4, -0.2) is 36.7 Å². The highest BCUT2D eigenvalue weighted by molar-refractivity contribution is 5.74. The Kier molecular flexibility index (Phi) is 6.50. The summed E-state index contributed by atoms with van der Waals surface area (Å²) < 4.78 is 11.4. The molecule has 3 rings (SSSR count). The fourth-order valence-corrected chi connectivity index (χ4v) is 2.98. The van der Waals surface area contributed by atoms with Crippen molar-refractivity contribution >= 4 is 6.03 Å². The lowest BCUT2D eigenvalue weighted by molar-refractivity contribution is 0.0826. The zero-order valence-electron chi connectivity index (χ0n) is 15.2. The normalized spacial score (nSPS) is 16.3. The maximum absolute atomic E-state index is 12.4. The predicted molar refractivity (Wildman–Crippen MR) is 101 cm³/mol. The molecule has 26 heavy (non-hydrogen) atoms. The maximum Gasteiger partial charge on any atom is 0.317 e. The average molecular weight is 354 g/mol. The first-order valence-electron chi connectivity index (χ1n) is 9.21. The first-order chi connectivity index (χ1) is 12.7. The minimum absolute atomic E-state index is 0.0485. The minimum atomic E-state index is -0.0485. The molecular weight excluding hydrogens is 328 g/mol. The van der Waals surface area contributed by atoms with Crippen LogP contribution in [0, 0.1) is 0 Å². The number of urea groups is 1. The Morgan fingerprint density at radius 1 is 1.15 bits per heavy atom. The van der Waals surface area contributed by atoms with E-state index in [0.717, 1.165) is 36.5 Å². The number of carbonyl (C=O) groups excluding carboxylic acids is 1. The molecule has 0 radical (unpaired) electrons. The Bertz CT molecular complexity index is 682. The lowest BCUT2D eigenvalue weighted by Crippen LogP contribution is -2.43. The summed E-state index contributed by atoms with van der Waals surface area (Å²) >= 11 is 0. The molecule has 0 aliphatic carbocycles. The van der Waals surface area contributed by atoms with Crippen molar-refractivity contribution in [2.24, 2.45) is 0 Å². The van der Waals surface area contributed by atoms with Gasteiger partial charge in [-0.05, 0) is 49.6 Å². The number of hydrogen-bond acceptors (Lipinski definition) is 3. The first-order valence-corrected chi connectivity index (χ1v) is 9.21. The summed E-state index contributed by atoms with van der Waals surface area (Å²) in [6.45, 7) is 4.62. The van der Waals surface area contributed by atoms with Crippen LogP contribution in [0.2, 0.25) is 0 Å². The Morgan fingerprint density at radius 3 is 2.54 bits per heavy atom. The number of amides is 2. The lowest BCUT2D eigenvalue weighted by atomic mass is 10.2. The fraction of sp³-hybridized carbons (Fsp3) is 0.381. The molecule has 5 heteroatoms. The second-order valence-electron chi connectivity index (χ2n) is 6.39. The van der Waals surface area contributed by atoms with E-state index in [1.54, 1.807) is 0 Å². The third kappa shape index (κ3) is 5.23. The van der Waals surface area contributed by atoms with Crippen molar-refractivity contribution in [2.45, 2.75) is 32.4 Å². The standard InChI is InChI=1S/C21H26N2O3/c1-2-23(16-20-9-6-14-25-20)21(24)22-15-17-10-12-19(13-11-17)26-18-7-4-3-5-8-18/h3-5,7-8,10-13,20H,2,6,9,14-16H2,1H3,(H,22,24). The zero-order valence-corrected chi connectivity index (χ0v) is 15.2. The highest BCUT2D eigenvalue weighted by Crippen LogP contribution is 2.21. The summed E-state index contributed by atoms with van der Waals surface area (Å²) in [7, 11) is 0. The Hall–Kier alpha value is -2.53. The second-order valence-corrected chi connectivity index (χ2v) is 6.39. The van der Waals surface area contributed by atoms with Crippen LogP contribution in [0.3, 0.4) is 0 Å². The number of nitrogens with zero attached hydrogens (tertiary/aromatic N) is 1. The fourth-order valence-electron chi connectivity index (χ4n) is 2.98. The summed E-state index contributed by atoms with van der Waals surface area (Å²) in [4.78, 5) is 14.2. The van der Waals surface area contributed by atoms with Crippen LogP contribution in [0.25, 0.3) is 0 Å². The van der Waals surface area contributed by atoms with Crippen molar-refractivity contribution in [1.82, 2.24) is 10.2 Å². The Balaban J connectivity index is 1.48. The van der Waals surface area contributed by atoms with Crippen LogP contribution < -0.4 is 10.1 Å². The quantitative estimate of drug-likeness (QED) is 0.811. The van der Waals surface area contributed by atoms with Crippen molar-refractivity contribution in [3.8, 4) is 11.5 Å². The number of ether oxygens (including phenoxy) is 2.